The van der Waals surface area contributed by atoms with Crippen LogP contribution in [0.5, 0.6) is 0 Å². The van der Waals surface area contributed by atoms with Crippen LogP contribution in [0.25, 0.3) is 0 Å². The minimum absolute atomic E-state index is 0.747. The first-order chi connectivity index (χ1) is 13.8. The van der Waals surface area contributed by atoms with Crippen LogP contribution in [-0.4, -0.2) is 0 Å². The van der Waals surface area contributed by atoms with Gasteiger partial charge >= 0.3 is 0 Å². The number of hydrogen-bond acceptors (Lipinski definition) is 0. The summed E-state index contributed by atoms with van der Waals surface area (Å²) in [5.74, 6) is 14.7. The fraction of sp³-hybridized carbons (Fsp3) is 0.429. The highest BCUT2D eigenvalue weighted by atomic mass is 14.3. The Kier molecular flexibility index (Phi) is 7.82. The second-order valence-corrected chi connectivity index (χ2v) is 8.01. The lowest BCUT2D eigenvalue weighted by atomic mass is 9.77. The Bertz CT molecular complexity index is 839. The van der Waals surface area contributed by atoms with Gasteiger partial charge in [0.2, 0.25) is 0 Å². The van der Waals surface area contributed by atoms with E-state index in [-0.39, 0.29) is 0 Å². The Hall–Kier alpha value is -2.44. The molecule has 144 valence electrons. The number of unbranched alkanes of at least 4 members (excludes halogenated alkanes) is 1. The SMILES string of the molecule is CCCC#Cc1ccc(C#Cc2ccc(C3CCC(CCC)CC3)cc2)cc1. The van der Waals surface area contributed by atoms with E-state index in [1.807, 2.05) is 0 Å². The predicted octanol–water partition coefficient (Wildman–Crippen LogP) is 7.31. The second-order valence-electron chi connectivity index (χ2n) is 8.01. The Morgan fingerprint density at radius 3 is 1.75 bits per heavy atom. The van der Waals surface area contributed by atoms with E-state index < -0.39 is 0 Å². The first-order valence-electron chi connectivity index (χ1n) is 11.0. The van der Waals surface area contributed by atoms with Gasteiger partial charge in [-0.1, -0.05) is 62.5 Å². The van der Waals surface area contributed by atoms with Gasteiger partial charge in [0, 0.05) is 23.1 Å². The van der Waals surface area contributed by atoms with Crippen molar-refractivity contribution in [1.82, 2.24) is 0 Å². The molecule has 0 atom stereocenters. The van der Waals surface area contributed by atoms with Crippen LogP contribution < -0.4 is 0 Å². The van der Waals surface area contributed by atoms with Crippen LogP contribution in [0.4, 0.5) is 0 Å². The average Bonchev–Trinajstić information content (AvgIpc) is 2.75. The lowest BCUT2D eigenvalue weighted by Crippen LogP contribution is -2.13. The monoisotopic (exact) mass is 368 g/mol. The molecule has 0 N–H and O–H groups in total. The van der Waals surface area contributed by atoms with Crippen molar-refractivity contribution in [3.8, 4) is 23.7 Å². The molecule has 3 rings (SSSR count). The molecule has 0 unspecified atom stereocenters. The fourth-order valence-corrected chi connectivity index (χ4v) is 4.10. The van der Waals surface area contributed by atoms with Crippen LogP contribution in [0.1, 0.15) is 93.4 Å². The van der Waals surface area contributed by atoms with E-state index in [9.17, 15) is 0 Å². The van der Waals surface area contributed by atoms with Gasteiger partial charge in [0.15, 0.2) is 0 Å². The molecule has 1 aliphatic rings. The van der Waals surface area contributed by atoms with Crippen LogP contribution in [0.2, 0.25) is 0 Å². The third-order valence-electron chi connectivity index (χ3n) is 5.77. The van der Waals surface area contributed by atoms with Crippen LogP contribution in [0.15, 0.2) is 48.5 Å². The number of benzene rings is 2. The van der Waals surface area contributed by atoms with Gasteiger partial charge in [-0.2, -0.15) is 0 Å². The van der Waals surface area contributed by atoms with E-state index in [1.165, 1.54) is 44.1 Å². The minimum Gasteiger partial charge on any atom is -0.0979 e. The highest BCUT2D eigenvalue weighted by Crippen LogP contribution is 2.37. The first-order valence-corrected chi connectivity index (χ1v) is 11.0. The topological polar surface area (TPSA) is 0 Å². The minimum atomic E-state index is 0.747. The number of rotatable bonds is 4. The molecule has 0 saturated heterocycles. The molecule has 0 aromatic heterocycles. The molecule has 0 aliphatic heterocycles. The standard InChI is InChI=1S/C28H32/c1-3-5-6-8-24-9-11-25(12-10-24)13-14-26-17-21-28(22-18-26)27-19-15-23(7-4-2)16-20-27/h9-12,17-18,21-23,27H,3-5,7,15-16,19-20H2,1-2H3. The lowest BCUT2D eigenvalue weighted by Gasteiger charge is -2.28. The van der Waals surface area contributed by atoms with Crippen LogP contribution >= 0.6 is 0 Å². The summed E-state index contributed by atoms with van der Waals surface area (Å²) in [6.45, 7) is 4.46. The molecule has 0 bridgehead atoms. The summed E-state index contributed by atoms with van der Waals surface area (Å²) in [5, 5.41) is 0. The van der Waals surface area contributed by atoms with E-state index in [1.54, 1.807) is 0 Å². The van der Waals surface area contributed by atoms with Gasteiger partial charge in [-0.3, -0.25) is 0 Å². The highest BCUT2D eigenvalue weighted by molar-refractivity contribution is 5.46. The summed E-state index contributed by atoms with van der Waals surface area (Å²) in [6.07, 6.45) is 10.3. The largest absolute Gasteiger partial charge is 0.0979 e. The Morgan fingerprint density at radius 2 is 1.21 bits per heavy atom. The molecule has 1 fully saturated rings. The van der Waals surface area contributed by atoms with Crippen molar-refractivity contribution in [2.75, 3.05) is 0 Å². The van der Waals surface area contributed by atoms with Gasteiger partial charge in [0.05, 0.1) is 0 Å². The fourth-order valence-electron chi connectivity index (χ4n) is 4.10. The summed E-state index contributed by atoms with van der Waals surface area (Å²) in [5.41, 5.74) is 4.70. The molecular weight excluding hydrogens is 336 g/mol. The maximum Gasteiger partial charge on any atom is 0.0249 e. The van der Waals surface area contributed by atoms with Crippen molar-refractivity contribution in [1.29, 1.82) is 0 Å². The molecule has 0 spiro atoms. The van der Waals surface area contributed by atoms with E-state index >= 15 is 0 Å². The molecule has 1 saturated carbocycles. The van der Waals surface area contributed by atoms with Gasteiger partial charge < -0.3 is 0 Å². The molecule has 0 heteroatoms. The van der Waals surface area contributed by atoms with Gasteiger partial charge in [-0.15, -0.1) is 0 Å². The number of hydrogen-bond donors (Lipinski definition) is 0. The smallest absolute Gasteiger partial charge is 0.0249 e. The highest BCUT2D eigenvalue weighted by Gasteiger charge is 2.21. The van der Waals surface area contributed by atoms with Crippen molar-refractivity contribution < 1.29 is 0 Å². The second kappa shape index (κ2) is 10.8. The van der Waals surface area contributed by atoms with Gasteiger partial charge in [-0.25, -0.2) is 0 Å². The van der Waals surface area contributed by atoms with Crippen molar-refractivity contribution in [2.24, 2.45) is 5.92 Å². The Balaban J connectivity index is 1.57. The summed E-state index contributed by atoms with van der Waals surface area (Å²) in [7, 11) is 0. The zero-order chi connectivity index (χ0) is 19.6. The van der Waals surface area contributed by atoms with Crippen LogP contribution in [0, 0.1) is 29.6 Å². The van der Waals surface area contributed by atoms with Gasteiger partial charge in [0.25, 0.3) is 0 Å². The molecule has 2 aromatic rings. The molecule has 1 aliphatic carbocycles. The Morgan fingerprint density at radius 1 is 0.679 bits per heavy atom. The molecule has 2 aromatic carbocycles. The average molecular weight is 369 g/mol. The molecule has 0 radical (unpaired) electrons. The normalized spacial score (nSPS) is 18.5. The summed E-state index contributed by atoms with van der Waals surface area (Å²) in [4.78, 5) is 0. The van der Waals surface area contributed by atoms with E-state index in [0.29, 0.717) is 0 Å². The molecule has 28 heavy (non-hydrogen) atoms. The third kappa shape index (κ3) is 6.04. The zero-order valence-corrected chi connectivity index (χ0v) is 17.4. The maximum absolute atomic E-state index is 3.30. The maximum atomic E-state index is 3.30. The quantitative estimate of drug-likeness (QED) is 0.496. The zero-order valence-electron chi connectivity index (χ0n) is 17.4. The van der Waals surface area contributed by atoms with Crippen molar-refractivity contribution in [3.63, 3.8) is 0 Å². The van der Waals surface area contributed by atoms with Crippen molar-refractivity contribution in [2.45, 2.75) is 71.1 Å². The van der Waals surface area contributed by atoms with Gasteiger partial charge in [-0.05, 0) is 85.9 Å². The summed E-state index contributed by atoms with van der Waals surface area (Å²) < 4.78 is 0. The van der Waals surface area contributed by atoms with Crippen LogP contribution in [0.3, 0.4) is 0 Å². The summed E-state index contributed by atoms with van der Waals surface area (Å²) in [6, 6.07) is 17.2. The Labute approximate surface area is 171 Å². The predicted molar refractivity (Wildman–Crippen MR) is 120 cm³/mol. The van der Waals surface area contributed by atoms with Crippen LogP contribution in [-0.2, 0) is 0 Å². The van der Waals surface area contributed by atoms with E-state index in [4.69, 9.17) is 0 Å². The molecule has 0 heterocycles. The van der Waals surface area contributed by atoms with Crippen molar-refractivity contribution >= 4 is 0 Å². The summed E-state index contributed by atoms with van der Waals surface area (Å²) >= 11 is 0. The molecule has 0 nitrogen and oxygen atoms in total. The van der Waals surface area contributed by atoms with Crippen molar-refractivity contribution in [3.05, 3.63) is 70.8 Å². The van der Waals surface area contributed by atoms with Gasteiger partial charge in [0.1, 0.15) is 0 Å². The van der Waals surface area contributed by atoms with E-state index in [0.717, 1.165) is 41.4 Å². The molecular formula is C28H32. The van der Waals surface area contributed by atoms with E-state index in [2.05, 4.69) is 86.1 Å². The molecule has 0 amide bonds. The first kappa shape index (κ1) is 20.3. The lowest BCUT2D eigenvalue weighted by molar-refractivity contribution is 0.308. The third-order valence-corrected chi connectivity index (χ3v) is 5.77.